The van der Waals surface area contributed by atoms with E-state index in [0.717, 1.165) is 51.4 Å². The van der Waals surface area contributed by atoms with Gasteiger partial charge in [-0.15, -0.1) is 0 Å². The van der Waals surface area contributed by atoms with Gasteiger partial charge >= 0.3 is 17.9 Å². The topological polar surface area (TPSA) is 99.1 Å². The van der Waals surface area contributed by atoms with Gasteiger partial charge in [-0.05, 0) is 44.9 Å². The number of allylic oxidation sites excluding steroid dienone is 4. The second-order valence-corrected chi connectivity index (χ2v) is 20.6. The van der Waals surface area contributed by atoms with Crippen LogP contribution in [0, 0.1) is 0 Å². The molecule has 0 aromatic heterocycles. The fourth-order valence-electron chi connectivity index (χ4n) is 8.71. The van der Waals surface area contributed by atoms with Gasteiger partial charge in [-0.1, -0.05) is 237 Å². The SMILES string of the molecule is CCCCCCCCCC/C=C/C/C=C/CCCCCCCCCC(=O)OC(COCCC(C(=O)O)[N+](C)(C)C)COC(=O)CCCCCCCCCCCCCCCCCCCCCC. The van der Waals surface area contributed by atoms with Crippen molar-refractivity contribution in [3.05, 3.63) is 24.3 Å². The van der Waals surface area contributed by atoms with Crippen LogP contribution in [0.1, 0.15) is 277 Å². The number of rotatable bonds is 52. The smallest absolute Gasteiger partial charge is 0.362 e. The minimum absolute atomic E-state index is 0.0489. The molecule has 1 N–H and O–H groups in total. The van der Waals surface area contributed by atoms with Crippen LogP contribution in [0.15, 0.2) is 24.3 Å². The zero-order valence-electron chi connectivity index (χ0n) is 44.4. The van der Waals surface area contributed by atoms with Crippen LogP contribution in [0.2, 0.25) is 0 Å². The third-order valence-electron chi connectivity index (χ3n) is 13.1. The first-order chi connectivity index (χ1) is 32.1. The molecule has 0 saturated heterocycles. The molecule has 0 heterocycles. The Labute approximate surface area is 409 Å². The van der Waals surface area contributed by atoms with Gasteiger partial charge in [0.15, 0.2) is 12.1 Å². The van der Waals surface area contributed by atoms with Crippen molar-refractivity contribution in [1.82, 2.24) is 0 Å². The zero-order chi connectivity index (χ0) is 48.4. The van der Waals surface area contributed by atoms with E-state index in [1.807, 2.05) is 21.1 Å². The first kappa shape index (κ1) is 63.8. The van der Waals surface area contributed by atoms with Crippen LogP contribution in [0.25, 0.3) is 0 Å². The molecule has 388 valence electrons. The number of ether oxygens (including phenoxy) is 3. The summed E-state index contributed by atoms with van der Waals surface area (Å²) in [5.74, 6) is -1.45. The lowest BCUT2D eigenvalue weighted by Gasteiger charge is -2.31. The van der Waals surface area contributed by atoms with Gasteiger partial charge in [-0.2, -0.15) is 0 Å². The summed E-state index contributed by atoms with van der Waals surface area (Å²) in [7, 11) is 5.55. The second kappa shape index (κ2) is 49.2. The Hall–Kier alpha value is -2.19. The van der Waals surface area contributed by atoms with Crippen LogP contribution in [-0.2, 0) is 28.6 Å². The Morgan fingerprint density at radius 1 is 0.455 bits per heavy atom. The summed E-state index contributed by atoms with van der Waals surface area (Å²) in [5, 5.41) is 9.67. The minimum Gasteiger partial charge on any atom is -0.477 e. The van der Waals surface area contributed by atoms with Gasteiger partial charge in [0.05, 0.1) is 34.4 Å². The Morgan fingerprint density at radius 3 is 1.17 bits per heavy atom. The monoisotopic (exact) mass is 933 g/mol. The van der Waals surface area contributed by atoms with Crippen LogP contribution in [-0.4, -0.2) is 80.6 Å². The molecule has 0 aliphatic carbocycles. The molecule has 0 amide bonds. The third-order valence-corrected chi connectivity index (χ3v) is 13.1. The normalized spacial score (nSPS) is 12.9. The number of aliphatic carboxylic acids is 1. The van der Waals surface area contributed by atoms with Gasteiger partial charge in [-0.3, -0.25) is 9.59 Å². The van der Waals surface area contributed by atoms with Gasteiger partial charge in [0.1, 0.15) is 6.61 Å². The van der Waals surface area contributed by atoms with Crippen LogP contribution < -0.4 is 0 Å². The fraction of sp³-hybridized carbons (Fsp3) is 0.879. The van der Waals surface area contributed by atoms with Crippen molar-refractivity contribution < 1.29 is 38.2 Å². The zero-order valence-corrected chi connectivity index (χ0v) is 44.4. The molecule has 0 bridgehead atoms. The number of nitrogens with zero attached hydrogens (tertiary/aromatic N) is 1. The van der Waals surface area contributed by atoms with E-state index in [0.29, 0.717) is 19.3 Å². The van der Waals surface area contributed by atoms with Crippen molar-refractivity contribution >= 4 is 17.9 Å². The number of quaternary nitrogens is 1. The summed E-state index contributed by atoms with van der Waals surface area (Å²) in [6.45, 7) is 4.78. The summed E-state index contributed by atoms with van der Waals surface area (Å²) in [5.41, 5.74) is 0. The average Bonchev–Trinajstić information content (AvgIpc) is 3.28. The number of carboxylic acids is 1. The van der Waals surface area contributed by atoms with Crippen LogP contribution in [0.3, 0.4) is 0 Å². The highest BCUT2D eigenvalue weighted by Gasteiger charge is 2.31. The van der Waals surface area contributed by atoms with Crippen molar-refractivity contribution in [3.8, 4) is 0 Å². The number of carbonyl (C=O) groups excluding carboxylic acids is 2. The number of hydrogen-bond donors (Lipinski definition) is 1. The fourth-order valence-corrected chi connectivity index (χ4v) is 8.71. The summed E-state index contributed by atoms with van der Waals surface area (Å²) >= 11 is 0. The highest BCUT2D eigenvalue weighted by Crippen LogP contribution is 2.17. The lowest BCUT2D eigenvalue weighted by molar-refractivity contribution is -0.887. The summed E-state index contributed by atoms with van der Waals surface area (Å²) < 4.78 is 17.4. The Balaban J connectivity index is 4.17. The Kier molecular flexibility index (Phi) is 47.6. The van der Waals surface area contributed by atoms with E-state index in [2.05, 4.69) is 38.2 Å². The first-order valence-electron chi connectivity index (χ1n) is 28.4. The van der Waals surface area contributed by atoms with Crippen LogP contribution in [0.5, 0.6) is 0 Å². The number of carboxylic acid groups (broad SMARTS) is 1. The number of esters is 2. The van der Waals surface area contributed by atoms with Crippen molar-refractivity contribution in [2.45, 2.75) is 289 Å². The lowest BCUT2D eigenvalue weighted by atomic mass is 10.0. The number of carbonyl (C=O) groups is 3. The van der Waals surface area contributed by atoms with Gasteiger partial charge < -0.3 is 23.8 Å². The van der Waals surface area contributed by atoms with E-state index in [-0.39, 0.29) is 36.2 Å². The predicted octanol–water partition coefficient (Wildman–Crippen LogP) is 16.8. The molecule has 8 nitrogen and oxygen atoms in total. The molecular formula is C58H110NO7+. The van der Waals surface area contributed by atoms with E-state index >= 15 is 0 Å². The molecule has 2 unspecified atom stereocenters. The van der Waals surface area contributed by atoms with Crippen molar-refractivity contribution in [1.29, 1.82) is 0 Å². The number of unbranched alkanes of at least 4 members (excludes halogenated alkanes) is 34. The van der Waals surface area contributed by atoms with Crippen molar-refractivity contribution in [2.24, 2.45) is 0 Å². The van der Waals surface area contributed by atoms with Gasteiger partial charge in [0, 0.05) is 19.3 Å². The summed E-state index contributed by atoms with van der Waals surface area (Å²) in [6.07, 6.45) is 58.1. The predicted molar refractivity (Wildman–Crippen MR) is 280 cm³/mol. The first-order valence-corrected chi connectivity index (χ1v) is 28.4. The van der Waals surface area contributed by atoms with Crippen LogP contribution in [0.4, 0.5) is 0 Å². The van der Waals surface area contributed by atoms with Gasteiger partial charge in [-0.25, -0.2) is 4.79 Å². The molecule has 2 atom stereocenters. The van der Waals surface area contributed by atoms with Crippen molar-refractivity contribution in [2.75, 3.05) is 41.0 Å². The third kappa shape index (κ3) is 46.9. The highest BCUT2D eigenvalue weighted by molar-refractivity contribution is 5.72. The molecule has 0 spiro atoms. The molecule has 0 fully saturated rings. The molecule has 0 saturated carbocycles. The van der Waals surface area contributed by atoms with E-state index in [1.165, 1.54) is 193 Å². The van der Waals surface area contributed by atoms with E-state index in [9.17, 15) is 19.5 Å². The van der Waals surface area contributed by atoms with E-state index < -0.39 is 18.1 Å². The molecule has 0 rings (SSSR count). The van der Waals surface area contributed by atoms with E-state index in [1.54, 1.807) is 0 Å². The molecule has 0 aromatic rings. The summed E-state index contributed by atoms with van der Waals surface area (Å²) in [4.78, 5) is 37.3. The van der Waals surface area contributed by atoms with Crippen LogP contribution >= 0.6 is 0 Å². The number of likely N-dealkylation sites (N-methyl/N-ethyl adjacent to an activating group) is 1. The standard InChI is InChI=1S/C58H109NO7/c1-6-8-10-12-14-16-18-20-22-24-26-28-29-31-33-35-37-39-41-43-45-47-49-57(61)66-54(52-64-51-50-55(58(62)63)59(3,4)5)53-65-56(60)48-46-44-42-40-38-36-34-32-30-27-25-23-21-19-17-15-13-11-9-7-2/h24,26,29,31,54-55H,6-23,25,27-28,30,32-53H2,1-5H3/p+1/b26-24+,31-29+. The highest BCUT2D eigenvalue weighted by atomic mass is 16.6. The Bertz CT molecular complexity index is 1130. The second-order valence-electron chi connectivity index (χ2n) is 20.6. The molecule has 0 aliphatic rings. The van der Waals surface area contributed by atoms with Crippen molar-refractivity contribution in [3.63, 3.8) is 0 Å². The molecule has 0 radical (unpaired) electrons. The Morgan fingerprint density at radius 2 is 0.803 bits per heavy atom. The maximum absolute atomic E-state index is 12.8. The molecule has 66 heavy (non-hydrogen) atoms. The minimum atomic E-state index is -0.872. The average molecular weight is 934 g/mol. The summed E-state index contributed by atoms with van der Waals surface area (Å²) in [6, 6.07) is -0.615. The maximum Gasteiger partial charge on any atom is 0.362 e. The van der Waals surface area contributed by atoms with E-state index in [4.69, 9.17) is 14.2 Å². The largest absolute Gasteiger partial charge is 0.477 e. The molecule has 0 aliphatic heterocycles. The maximum atomic E-state index is 12.8. The molecule has 0 aromatic carbocycles. The molecular weight excluding hydrogens is 823 g/mol. The van der Waals surface area contributed by atoms with Gasteiger partial charge in [0.2, 0.25) is 0 Å². The molecule has 8 heteroatoms. The van der Waals surface area contributed by atoms with Gasteiger partial charge in [0.25, 0.3) is 0 Å². The quantitative estimate of drug-likeness (QED) is 0.0281. The lowest BCUT2D eigenvalue weighted by Crippen LogP contribution is -2.50. The number of hydrogen-bond acceptors (Lipinski definition) is 6.